The summed E-state index contributed by atoms with van der Waals surface area (Å²) in [6.07, 6.45) is -0.0972. The summed E-state index contributed by atoms with van der Waals surface area (Å²) >= 11 is 0. The minimum Gasteiger partial charge on any atom is -0.506 e. The highest BCUT2D eigenvalue weighted by atomic mass is 16.5. The summed E-state index contributed by atoms with van der Waals surface area (Å²) in [5.41, 5.74) is 0.643. The van der Waals surface area contributed by atoms with Crippen LogP contribution < -0.4 is 0 Å². The van der Waals surface area contributed by atoms with Crippen LogP contribution in [-0.2, 0) is 22.6 Å². The number of aliphatic hydroxyl groups excluding tert-OH is 1. The van der Waals surface area contributed by atoms with Gasteiger partial charge in [-0.25, -0.2) is 0 Å². The maximum absolute atomic E-state index is 11.3. The summed E-state index contributed by atoms with van der Waals surface area (Å²) in [7, 11) is 0. The number of aromatic hydroxyl groups is 1. The van der Waals surface area contributed by atoms with Crippen LogP contribution in [0.15, 0.2) is 12.1 Å². The van der Waals surface area contributed by atoms with Gasteiger partial charge in [0.05, 0.1) is 25.2 Å². The molecule has 1 aromatic carbocycles. The Hall–Kier alpha value is -2.06. The number of phenolic OH excluding ortho intramolecular Hbond substituents is 1. The Morgan fingerprint density at radius 3 is 2.65 bits per heavy atom. The van der Waals surface area contributed by atoms with E-state index in [1.54, 1.807) is 13.0 Å². The average molecular weight is 235 g/mol. The van der Waals surface area contributed by atoms with E-state index in [4.69, 9.17) is 15.1 Å². The minimum atomic E-state index is -0.469. The number of nitriles is 1. The topological polar surface area (TPSA) is 90.5 Å². The predicted molar refractivity (Wildman–Crippen MR) is 59.1 cm³/mol. The molecule has 0 radical (unpaired) electrons. The standard InChI is InChI=1S/C12H13NO4/c1-2-17-11(15)5-8-3-4-9(7-14)10(6-13)12(8)16/h3-4,14,16H,2,5,7H2,1H3. The number of rotatable bonds is 4. The van der Waals surface area contributed by atoms with Gasteiger partial charge in [0.25, 0.3) is 0 Å². The van der Waals surface area contributed by atoms with Crippen molar-refractivity contribution in [3.63, 3.8) is 0 Å². The van der Waals surface area contributed by atoms with E-state index in [1.807, 2.05) is 0 Å². The summed E-state index contributed by atoms with van der Waals surface area (Å²) in [4.78, 5) is 11.3. The van der Waals surface area contributed by atoms with Crippen molar-refractivity contribution in [1.82, 2.24) is 0 Å². The number of hydrogen-bond acceptors (Lipinski definition) is 5. The molecule has 17 heavy (non-hydrogen) atoms. The molecule has 0 aliphatic heterocycles. The van der Waals surface area contributed by atoms with Crippen LogP contribution in [0.5, 0.6) is 5.75 Å². The van der Waals surface area contributed by atoms with Gasteiger partial charge in [-0.2, -0.15) is 5.26 Å². The van der Waals surface area contributed by atoms with Crippen LogP contribution in [0.3, 0.4) is 0 Å². The molecule has 0 aliphatic rings. The number of ether oxygens (including phenoxy) is 1. The van der Waals surface area contributed by atoms with E-state index >= 15 is 0 Å². The third-order valence-electron chi connectivity index (χ3n) is 2.27. The molecular formula is C12H13NO4. The van der Waals surface area contributed by atoms with E-state index in [9.17, 15) is 9.90 Å². The third kappa shape index (κ3) is 2.95. The van der Waals surface area contributed by atoms with Crippen molar-refractivity contribution in [2.75, 3.05) is 6.61 Å². The fourth-order valence-corrected chi connectivity index (χ4v) is 1.44. The lowest BCUT2D eigenvalue weighted by atomic mass is 10.0. The molecule has 0 aliphatic carbocycles. The van der Waals surface area contributed by atoms with Crippen molar-refractivity contribution in [3.8, 4) is 11.8 Å². The van der Waals surface area contributed by atoms with Gasteiger partial charge >= 0.3 is 5.97 Å². The maximum Gasteiger partial charge on any atom is 0.310 e. The molecule has 0 aromatic heterocycles. The van der Waals surface area contributed by atoms with Crippen molar-refractivity contribution in [2.45, 2.75) is 20.0 Å². The summed E-state index contributed by atoms with van der Waals surface area (Å²) < 4.78 is 4.75. The third-order valence-corrected chi connectivity index (χ3v) is 2.27. The SMILES string of the molecule is CCOC(=O)Cc1ccc(CO)c(C#N)c1O. The van der Waals surface area contributed by atoms with Gasteiger partial charge in [-0.15, -0.1) is 0 Å². The first-order valence-corrected chi connectivity index (χ1v) is 5.14. The van der Waals surface area contributed by atoms with Crippen LogP contribution in [0.1, 0.15) is 23.6 Å². The zero-order valence-electron chi connectivity index (χ0n) is 9.43. The summed E-state index contributed by atoms with van der Waals surface area (Å²) in [5, 5.41) is 27.6. The second-order valence-corrected chi connectivity index (χ2v) is 3.36. The fourth-order valence-electron chi connectivity index (χ4n) is 1.44. The number of phenols is 1. The second-order valence-electron chi connectivity index (χ2n) is 3.36. The van der Waals surface area contributed by atoms with Crippen LogP contribution in [0, 0.1) is 11.3 Å². The molecule has 0 saturated heterocycles. The lowest BCUT2D eigenvalue weighted by Crippen LogP contribution is -2.08. The number of carbonyl (C=O) groups is 1. The Bertz CT molecular complexity index is 462. The molecule has 5 nitrogen and oxygen atoms in total. The molecule has 0 unspecified atom stereocenters. The average Bonchev–Trinajstić information content (AvgIpc) is 2.31. The zero-order valence-corrected chi connectivity index (χ0v) is 9.43. The van der Waals surface area contributed by atoms with E-state index in [0.717, 1.165) is 0 Å². The molecule has 90 valence electrons. The lowest BCUT2D eigenvalue weighted by Gasteiger charge is -2.08. The van der Waals surface area contributed by atoms with Crippen molar-refractivity contribution in [2.24, 2.45) is 0 Å². The van der Waals surface area contributed by atoms with E-state index in [2.05, 4.69) is 0 Å². The van der Waals surface area contributed by atoms with Crippen molar-refractivity contribution in [1.29, 1.82) is 5.26 Å². The Balaban J connectivity index is 3.04. The van der Waals surface area contributed by atoms with Crippen molar-refractivity contribution in [3.05, 3.63) is 28.8 Å². The number of benzene rings is 1. The molecular weight excluding hydrogens is 222 g/mol. The van der Waals surface area contributed by atoms with Gasteiger partial charge in [-0.3, -0.25) is 4.79 Å². The number of aliphatic hydroxyl groups is 1. The first kappa shape index (κ1) is 13.0. The first-order valence-electron chi connectivity index (χ1n) is 5.14. The van der Waals surface area contributed by atoms with Gasteiger partial charge in [0.2, 0.25) is 0 Å². The molecule has 0 fully saturated rings. The normalized spacial score (nSPS) is 9.71. The van der Waals surface area contributed by atoms with Gasteiger partial charge < -0.3 is 14.9 Å². The van der Waals surface area contributed by atoms with Crippen LogP contribution in [0.25, 0.3) is 0 Å². The monoisotopic (exact) mass is 235 g/mol. The van der Waals surface area contributed by atoms with Gasteiger partial charge in [-0.05, 0) is 12.5 Å². The number of carbonyl (C=O) groups excluding carboxylic acids is 1. The highest BCUT2D eigenvalue weighted by Crippen LogP contribution is 2.26. The highest BCUT2D eigenvalue weighted by Gasteiger charge is 2.14. The van der Waals surface area contributed by atoms with Crippen molar-refractivity contribution >= 4 is 5.97 Å². The van der Waals surface area contributed by atoms with Gasteiger partial charge in [-0.1, -0.05) is 12.1 Å². The Morgan fingerprint density at radius 1 is 1.47 bits per heavy atom. The van der Waals surface area contributed by atoms with Crippen LogP contribution in [0.4, 0.5) is 0 Å². The predicted octanol–water partition coefficient (Wildman–Crippen LogP) is 0.862. The molecule has 1 aromatic rings. The Morgan fingerprint density at radius 2 is 2.12 bits per heavy atom. The van der Waals surface area contributed by atoms with E-state index in [1.165, 1.54) is 12.1 Å². The van der Waals surface area contributed by atoms with E-state index < -0.39 is 5.97 Å². The van der Waals surface area contributed by atoms with Crippen LogP contribution in [0.2, 0.25) is 0 Å². The second kappa shape index (κ2) is 5.87. The van der Waals surface area contributed by atoms with E-state index in [0.29, 0.717) is 11.1 Å². The summed E-state index contributed by atoms with van der Waals surface area (Å²) in [6, 6.07) is 4.80. The zero-order chi connectivity index (χ0) is 12.8. The number of nitrogens with zero attached hydrogens (tertiary/aromatic N) is 1. The van der Waals surface area contributed by atoms with Gasteiger partial charge in [0.15, 0.2) is 0 Å². The fraction of sp³-hybridized carbons (Fsp3) is 0.333. The molecule has 0 spiro atoms. The number of hydrogen-bond donors (Lipinski definition) is 2. The quantitative estimate of drug-likeness (QED) is 0.755. The highest BCUT2D eigenvalue weighted by molar-refractivity contribution is 5.74. The number of esters is 1. The molecule has 0 bridgehead atoms. The van der Waals surface area contributed by atoms with E-state index in [-0.39, 0.29) is 30.9 Å². The minimum absolute atomic E-state index is 0.00528. The molecule has 1 rings (SSSR count). The molecule has 5 heteroatoms. The lowest BCUT2D eigenvalue weighted by molar-refractivity contribution is -0.142. The van der Waals surface area contributed by atoms with Gasteiger partial charge in [0, 0.05) is 5.56 Å². The summed E-state index contributed by atoms with van der Waals surface area (Å²) in [6.45, 7) is 1.61. The smallest absolute Gasteiger partial charge is 0.310 e. The maximum atomic E-state index is 11.3. The molecule has 0 atom stereocenters. The molecule has 0 amide bonds. The van der Waals surface area contributed by atoms with Crippen LogP contribution in [-0.4, -0.2) is 22.8 Å². The Labute approximate surface area is 98.9 Å². The van der Waals surface area contributed by atoms with Crippen molar-refractivity contribution < 1.29 is 19.7 Å². The summed E-state index contributed by atoms with van der Waals surface area (Å²) in [5.74, 6) is -0.740. The largest absolute Gasteiger partial charge is 0.506 e. The molecule has 0 heterocycles. The molecule has 0 saturated carbocycles. The first-order chi connectivity index (χ1) is 8.13. The van der Waals surface area contributed by atoms with Gasteiger partial charge in [0.1, 0.15) is 11.8 Å². The van der Waals surface area contributed by atoms with Crippen LogP contribution >= 0.6 is 0 Å². The molecule has 2 N–H and O–H groups in total. The Kier molecular flexibility index (Phi) is 4.49.